The van der Waals surface area contributed by atoms with E-state index in [0.717, 1.165) is 20.1 Å². The molecule has 7 nitrogen and oxygen atoms in total. The van der Waals surface area contributed by atoms with Crippen LogP contribution in [-0.2, 0) is 32.5 Å². The molecular weight excluding hydrogens is 600 g/mol. The third kappa shape index (κ3) is 5.91. The van der Waals surface area contributed by atoms with Crippen molar-refractivity contribution in [2.45, 2.75) is 56.1 Å². The topological polar surface area (TPSA) is 84.0 Å². The Balaban J connectivity index is 1.61. The van der Waals surface area contributed by atoms with Gasteiger partial charge in [0.05, 0.1) is 30.2 Å². The number of methoxy groups -OCH3 is 1. The highest BCUT2D eigenvalue weighted by molar-refractivity contribution is 9.10. The Morgan fingerprint density at radius 3 is 2.17 bits per heavy atom. The van der Waals surface area contributed by atoms with Crippen LogP contribution in [0.3, 0.4) is 0 Å². The van der Waals surface area contributed by atoms with Gasteiger partial charge in [0.25, 0.3) is 0 Å². The molecule has 0 spiro atoms. The number of hydrogen-bond acceptors (Lipinski definition) is 5. The van der Waals surface area contributed by atoms with E-state index in [-0.39, 0.29) is 24.2 Å². The molecule has 0 radical (unpaired) electrons. The fourth-order valence-electron chi connectivity index (χ4n) is 5.13. The van der Waals surface area contributed by atoms with E-state index in [1.165, 1.54) is 7.11 Å². The van der Waals surface area contributed by atoms with Crippen LogP contribution in [0.5, 0.6) is 0 Å². The van der Waals surface area contributed by atoms with Gasteiger partial charge in [0.2, 0.25) is 0 Å². The predicted molar refractivity (Wildman–Crippen MR) is 140 cm³/mol. The van der Waals surface area contributed by atoms with Gasteiger partial charge >= 0.3 is 12.0 Å². The molecule has 2 aromatic rings. The van der Waals surface area contributed by atoms with E-state index in [1.54, 1.807) is 9.80 Å². The minimum atomic E-state index is -3.41. The molecule has 3 atom stereocenters. The Morgan fingerprint density at radius 1 is 1.00 bits per heavy atom. The van der Waals surface area contributed by atoms with Crippen LogP contribution in [0.15, 0.2) is 57.5 Å². The molecule has 0 aromatic heterocycles. The van der Waals surface area contributed by atoms with E-state index in [9.17, 15) is 18.0 Å². The number of hydrogen-bond donors (Lipinski definition) is 0. The quantitative estimate of drug-likeness (QED) is 0.224. The molecule has 2 heterocycles. The zero-order valence-electron chi connectivity index (χ0n) is 19.4. The summed E-state index contributed by atoms with van der Waals surface area (Å²) < 4.78 is 33.1. The summed E-state index contributed by atoms with van der Waals surface area (Å²) in [6.45, 7) is 0.682. The van der Waals surface area contributed by atoms with Crippen LogP contribution in [0.1, 0.15) is 36.8 Å². The molecule has 0 unspecified atom stereocenters. The fourth-order valence-corrected chi connectivity index (χ4v) is 8.40. The number of sulfone groups is 1. The number of fused-ring (bicyclic) bond motifs is 1. The lowest BCUT2D eigenvalue weighted by molar-refractivity contribution is -0.140. The smallest absolute Gasteiger partial charge is 0.321 e. The van der Waals surface area contributed by atoms with Crippen molar-refractivity contribution in [2.24, 2.45) is 0 Å². The van der Waals surface area contributed by atoms with Gasteiger partial charge in [-0.25, -0.2) is 13.2 Å². The second-order valence-electron chi connectivity index (χ2n) is 9.05. The first kappa shape index (κ1) is 26.2. The molecule has 2 saturated heterocycles. The molecular formula is C25H28Br2N2O5S. The van der Waals surface area contributed by atoms with Crippen molar-refractivity contribution in [1.82, 2.24) is 9.80 Å². The first-order chi connectivity index (χ1) is 16.7. The molecule has 2 aliphatic rings. The zero-order chi connectivity index (χ0) is 25.2. The standard InChI is InChI=1S/C25H28Br2N2O5S/c1-34-23(30)11-3-2-10-22-24-21(16-35(22,32)33)28(14-17-6-4-8-19(26)12-17)25(31)29(24)15-18-7-5-9-20(27)13-18/h4-9,12-13,21-22,24H,2-3,10-11,14-16H2,1H3/t21-,22-,24-/m0/s1. The number of esters is 1. The monoisotopic (exact) mass is 626 g/mol. The highest BCUT2D eigenvalue weighted by atomic mass is 79.9. The summed E-state index contributed by atoms with van der Waals surface area (Å²) in [5.74, 6) is -0.349. The van der Waals surface area contributed by atoms with Gasteiger partial charge in [-0.1, -0.05) is 62.5 Å². The van der Waals surface area contributed by atoms with Crippen LogP contribution >= 0.6 is 31.9 Å². The van der Waals surface area contributed by atoms with E-state index in [0.29, 0.717) is 32.4 Å². The number of unbranched alkanes of at least 4 members (excludes halogenated alkanes) is 1. The normalized spacial score (nSPS) is 22.9. The number of halogens is 2. The molecule has 35 heavy (non-hydrogen) atoms. The molecule has 0 N–H and O–H groups in total. The van der Waals surface area contributed by atoms with E-state index in [2.05, 4.69) is 31.9 Å². The van der Waals surface area contributed by atoms with Crippen molar-refractivity contribution < 1.29 is 22.7 Å². The number of urea groups is 1. The first-order valence-corrected chi connectivity index (χ1v) is 14.8. The van der Waals surface area contributed by atoms with Gasteiger partial charge < -0.3 is 14.5 Å². The highest BCUT2D eigenvalue weighted by Gasteiger charge is 2.58. The lowest BCUT2D eigenvalue weighted by Crippen LogP contribution is -2.42. The number of ether oxygens (including phenoxy) is 1. The van der Waals surface area contributed by atoms with E-state index < -0.39 is 27.2 Å². The molecule has 2 aliphatic heterocycles. The minimum Gasteiger partial charge on any atom is -0.469 e. The van der Waals surface area contributed by atoms with Crippen molar-refractivity contribution in [1.29, 1.82) is 0 Å². The minimum absolute atomic E-state index is 0.0476. The number of amides is 2. The van der Waals surface area contributed by atoms with Crippen LogP contribution in [0.25, 0.3) is 0 Å². The SMILES string of the molecule is COC(=O)CCCC[C@H]1[C@@H]2[C@H](CS1(=O)=O)N(Cc1cccc(Br)c1)C(=O)N2Cc1cccc(Br)c1. The maximum Gasteiger partial charge on any atom is 0.321 e. The maximum absolute atomic E-state index is 13.7. The van der Waals surface area contributed by atoms with Gasteiger partial charge in [0.1, 0.15) is 0 Å². The molecule has 4 rings (SSSR count). The number of rotatable bonds is 9. The van der Waals surface area contributed by atoms with E-state index in [4.69, 9.17) is 4.74 Å². The van der Waals surface area contributed by atoms with Crippen LogP contribution < -0.4 is 0 Å². The summed E-state index contributed by atoms with van der Waals surface area (Å²) in [5.41, 5.74) is 1.87. The molecule has 188 valence electrons. The average Bonchev–Trinajstić information content (AvgIpc) is 3.20. The van der Waals surface area contributed by atoms with Crippen molar-refractivity contribution in [3.05, 3.63) is 68.6 Å². The first-order valence-electron chi connectivity index (χ1n) is 11.5. The number of benzene rings is 2. The average molecular weight is 628 g/mol. The van der Waals surface area contributed by atoms with Crippen molar-refractivity contribution >= 4 is 53.7 Å². The summed E-state index contributed by atoms with van der Waals surface area (Å²) in [7, 11) is -2.07. The third-order valence-electron chi connectivity index (χ3n) is 6.72. The summed E-state index contributed by atoms with van der Waals surface area (Å²) in [4.78, 5) is 28.6. The van der Waals surface area contributed by atoms with E-state index in [1.807, 2.05) is 48.5 Å². The number of carbonyl (C=O) groups is 2. The van der Waals surface area contributed by atoms with Crippen molar-refractivity contribution in [2.75, 3.05) is 12.9 Å². The second-order valence-corrected chi connectivity index (χ2v) is 13.1. The Bertz CT molecular complexity index is 1210. The largest absolute Gasteiger partial charge is 0.469 e. The third-order valence-corrected chi connectivity index (χ3v) is 9.95. The summed E-state index contributed by atoms with van der Waals surface area (Å²) in [6, 6.07) is 14.5. The van der Waals surface area contributed by atoms with Gasteiger partial charge in [-0.3, -0.25) is 4.79 Å². The van der Waals surface area contributed by atoms with Crippen LogP contribution in [0, 0.1) is 0 Å². The zero-order valence-corrected chi connectivity index (χ0v) is 23.4. The molecule has 2 fully saturated rings. The van der Waals surface area contributed by atoms with Crippen molar-refractivity contribution in [3.8, 4) is 0 Å². The number of nitrogens with zero attached hydrogens (tertiary/aromatic N) is 2. The molecule has 2 amide bonds. The molecule has 0 bridgehead atoms. The van der Waals surface area contributed by atoms with Crippen LogP contribution in [0.4, 0.5) is 4.79 Å². The summed E-state index contributed by atoms with van der Waals surface area (Å²) in [6.07, 6.45) is 1.80. The van der Waals surface area contributed by atoms with Gasteiger partial charge in [-0.05, 0) is 48.2 Å². The molecule has 0 aliphatic carbocycles. The summed E-state index contributed by atoms with van der Waals surface area (Å²) >= 11 is 6.96. The maximum atomic E-state index is 13.7. The number of carbonyl (C=O) groups excluding carboxylic acids is 2. The predicted octanol–water partition coefficient (Wildman–Crippen LogP) is 4.92. The Hall–Kier alpha value is -1.91. The van der Waals surface area contributed by atoms with Gasteiger partial charge in [0.15, 0.2) is 9.84 Å². The van der Waals surface area contributed by atoms with Gasteiger partial charge in [0, 0.05) is 28.5 Å². The van der Waals surface area contributed by atoms with E-state index >= 15 is 0 Å². The van der Waals surface area contributed by atoms with Crippen molar-refractivity contribution in [3.63, 3.8) is 0 Å². The van der Waals surface area contributed by atoms with Gasteiger partial charge in [-0.15, -0.1) is 0 Å². The molecule has 2 aromatic carbocycles. The Kier molecular flexibility index (Phi) is 8.23. The molecule has 0 saturated carbocycles. The Labute approximate surface area is 223 Å². The van der Waals surface area contributed by atoms with Crippen LogP contribution in [0.2, 0.25) is 0 Å². The summed E-state index contributed by atoms with van der Waals surface area (Å²) in [5, 5.41) is -0.659. The second kappa shape index (κ2) is 11.0. The fraction of sp³-hybridized carbons (Fsp3) is 0.440. The lowest BCUT2D eigenvalue weighted by atomic mass is 10.0. The van der Waals surface area contributed by atoms with Crippen LogP contribution in [-0.4, -0.2) is 60.4 Å². The van der Waals surface area contributed by atoms with Gasteiger partial charge in [-0.2, -0.15) is 0 Å². The molecule has 10 heteroatoms. The lowest BCUT2D eigenvalue weighted by Gasteiger charge is -2.27. The Morgan fingerprint density at radius 2 is 1.60 bits per heavy atom. The highest BCUT2D eigenvalue weighted by Crippen LogP contribution is 2.40.